The van der Waals surface area contributed by atoms with Crippen molar-refractivity contribution >= 4 is 28.7 Å². The number of nitrogens with zero attached hydrogens (tertiary/aromatic N) is 4. The number of amides is 1. The van der Waals surface area contributed by atoms with Crippen LogP contribution in [-0.4, -0.2) is 43.9 Å². The Bertz CT molecular complexity index is 1470. The zero-order valence-corrected chi connectivity index (χ0v) is 20.2. The van der Waals surface area contributed by atoms with Crippen molar-refractivity contribution in [3.05, 3.63) is 82.7 Å². The van der Waals surface area contributed by atoms with Crippen LogP contribution in [0.5, 0.6) is 5.75 Å². The summed E-state index contributed by atoms with van der Waals surface area (Å²) in [5.74, 6) is 2.38. The Labute approximate surface area is 206 Å². The minimum Gasteiger partial charge on any atom is -0.491 e. The van der Waals surface area contributed by atoms with Gasteiger partial charge >= 0.3 is 0 Å². The quantitative estimate of drug-likeness (QED) is 0.447. The van der Waals surface area contributed by atoms with Gasteiger partial charge in [0.15, 0.2) is 5.82 Å². The van der Waals surface area contributed by atoms with Gasteiger partial charge in [-0.15, -0.1) is 0 Å². The number of hydrogen-bond acceptors (Lipinski definition) is 7. The first-order valence-electron chi connectivity index (χ1n) is 11.5. The zero-order chi connectivity index (χ0) is 23.9. The summed E-state index contributed by atoms with van der Waals surface area (Å²) in [5.41, 5.74) is 5.96. The second-order valence-electron chi connectivity index (χ2n) is 8.66. The molecule has 35 heavy (non-hydrogen) atoms. The predicted molar refractivity (Wildman–Crippen MR) is 135 cm³/mol. The number of thioether (sulfide) groups is 1. The molecule has 1 atom stereocenters. The van der Waals surface area contributed by atoms with Gasteiger partial charge in [-0.1, -0.05) is 23.9 Å². The lowest BCUT2D eigenvalue weighted by Gasteiger charge is -2.20. The van der Waals surface area contributed by atoms with Crippen molar-refractivity contribution in [3.8, 4) is 16.9 Å². The number of imidazole rings is 1. The number of fused-ring (bicyclic) bond motifs is 2. The third kappa shape index (κ3) is 4.12. The highest BCUT2D eigenvalue weighted by Gasteiger charge is 2.32. The largest absolute Gasteiger partial charge is 0.491 e. The van der Waals surface area contributed by atoms with Gasteiger partial charge in [-0.3, -0.25) is 4.79 Å². The number of aromatic amines is 1. The van der Waals surface area contributed by atoms with Crippen LogP contribution in [0, 0.1) is 6.92 Å². The normalized spacial score (nSPS) is 17.7. The second-order valence-corrected chi connectivity index (χ2v) is 9.77. The fourth-order valence-electron chi connectivity index (χ4n) is 4.48. The Morgan fingerprint density at radius 1 is 1.11 bits per heavy atom. The molecule has 0 saturated carbocycles. The molecular formula is C26H24N6O2S. The van der Waals surface area contributed by atoms with Gasteiger partial charge in [0.05, 0.1) is 22.5 Å². The lowest BCUT2D eigenvalue weighted by atomic mass is 10.0. The van der Waals surface area contributed by atoms with Gasteiger partial charge < -0.3 is 19.9 Å². The molecule has 0 bridgehead atoms. The summed E-state index contributed by atoms with van der Waals surface area (Å²) in [4.78, 5) is 32.6. The van der Waals surface area contributed by atoms with E-state index in [1.165, 1.54) is 11.8 Å². The first-order valence-corrected chi connectivity index (χ1v) is 12.4. The van der Waals surface area contributed by atoms with Gasteiger partial charge in [-0.25, -0.2) is 15.0 Å². The average Bonchev–Trinajstić information content (AvgIpc) is 3.37. The van der Waals surface area contributed by atoms with E-state index >= 15 is 0 Å². The summed E-state index contributed by atoms with van der Waals surface area (Å²) in [6.45, 7) is 5.34. The number of allylic oxidation sites excluding steroid dienone is 1. The highest BCUT2D eigenvalue weighted by Crippen LogP contribution is 2.40. The van der Waals surface area contributed by atoms with Crippen molar-refractivity contribution in [3.63, 3.8) is 0 Å². The van der Waals surface area contributed by atoms with E-state index in [-0.39, 0.29) is 11.3 Å². The van der Waals surface area contributed by atoms with Crippen molar-refractivity contribution < 1.29 is 9.53 Å². The number of aromatic nitrogens is 4. The fourth-order valence-corrected chi connectivity index (χ4v) is 5.64. The van der Waals surface area contributed by atoms with Crippen molar-refractivity contribution in [2.45, 2.75) is 25.8 Å². The van der Waals surface area contributed by atoms with Crippen LogP contribution in [0.15, 0.2) is 65.5 Å². The van der Waals surface area contributed by atoms with E-state index in [9.17, 15) is 4.79 Å². The minimum atomic E-state index is -0.168. The number of nitrogens with one attached hydrogen (secondary N) is 2. The summed E-state index contributed by atoms with van der Waals surface area (Å²) in [5, 5.41) is 3.18. The highest BCUT2D eigenvalue weighted by atomic mass is 32.2. The third-order valence-electron chi connectivity index (χ3n) is 6.20. The molecule has 0 radical (unpaired) electrons. The molecule has 4 heterocycles. The maximum atomic E-state index is 13.6. The summed E-state index contributed by atoms with van der Waals surface area (Å²) >= 11 is 1.47. The number of carbonyl (C=O) groups is 1. The Balaban J connectivity index is 1.25. The molecule has 0 fully saturated rings. The molecule has 2 aromatic heterocycles. The topological polar surface area (TPSA) is 96.0 Å². The summed E-state index contributed by atoms with van der Waals surface area (Å²) in [6, 6.07) is 14.2. The molecule has 2 aliphatic heterocycles. The first kappa shape index (κ1) is 21.7. The van der Waals surface area contributed by atoms with E-state index in [2.05, 4.69) is 49.5 Å². The Kier molecular flexibility index (Phi) is 5.41. The van der Waals surface area contributed by atoms with E-state index < -0.39 is 0 Å². The van der Waals surface area contributed by atoms with Crippen LogP contribution in [0.4, 0.5) is 0 Å². The van der Waals surface area contributed by atoms with Gasteiger partial charge in [-0.2, -0.15) is 0 Å². The molecule has 2 N–H and O–H groups in total. The van der Waals surface area contributed by atoms with Gasteiger partial charge in [0, 0.05) is 30.2 Å². The molecule has 9 heteroatoms. The Morgan fingerprint density at radius 3 is 2.77 bits per heavy atom. The standard InChI is InChI=1S/C26H24N6O2S/c1-15-23(35-25(29-15)24-27-8-3-9-28-24)26(33)32-10-11-34-22-7-5-17(12-19(22)14-32)18-4-6-20-21(13-18)31-16(2)30-20/h3-9,12-13,25,29H,10-11,14H2,1-2H3,(H,30,31). The number of aryl methyl sites for hydroxylation is 1. The Morgan fingerprint density at radius 2 is 1.91 bits per heavy atom. The summed E-state index contributed by atoms with van der Waals surface area (Å²) in [6.07, 6.45) is 3.43. The molecule has 8 nitrogen and oxygen atoms in total. The van der Waals surface area contributed by atoms with E-state index in [0.29, 0.717) is 30.4 Å². The number of carbonyl (C=O) groups excluding carboxylic acids is 1. The molecule has 1 amide bonds. The van der Waals surface area contributed by atoms with Crippen molar-refractivity contribution in [2.24, 2.45) is 0 Å². The van der Waals surface area contributed by atoms with Crippen LogP contribution in [-0.2, 0) is 11.3 Å². The fraction of sp³-hybridized carbons (Fsp3) is 0.231. The number of H-pyrrole nitrogens is 1. The monoisotopic (exact) mass is 484 g/mol. The highest BCUT2D eigenvalue weighted by molar-refractivity contribution is 8.04. The molecule has 0 aliphatic carbocycles. The van der Waals surface area contributed by atoms with Crippen molar-refractivity contribution in [1.29, 1.82) is 0 Å². The van der Waals surface area contributed by atoms with Crippen LogP contribution in [0.3, 0.4) is 0 Å². The maximum absolute atomic E-state index is 13.6. The van der Waals surface area contributed by atoms with Crippen LogP contribution < -0.4 is 10.1 Å². The zero-order valence-electron chi connectivity index (χ0n) is 19.4. The van der Waals surface area contributed by atoms with E-state index in [1.807, 2.05) is 30.9 Å². The van der Waals surface area contributed by atoms with Crippen LogP contribution in [0.2, 0.25) is 0 Å². The molecule has 1 unspecified atom stereocenters. The number of hydrogen-bond donors (Lipinski definition) is 2. The SMILES string of the molecule is CC1=C(C(=O)N2CCOc3ccc(-c4ccc5nc(C)[nH]c5c4)cc3C2)SC(c2ncccn2)N1. The van der Waals surface area contributed by atoms with Crippen LogP contribution >= 0.6 is 11.8 Å². The molecular weight excluding hydrogens is 460 g/mol. The first-order chi connectivity index (χ1) is 17.0. The van der Waals surface area contributed by atoms with Crippen LogP contribution in [0.1, 0.15) is 29.5 Å². The van der Waals surface area contributed by atoms with E-state index in [4.69, 9.17) is 4.74 Å². The molecule has 6 rings (SSSR count). The molecule has 2 aliphatic rings. The molecule has 176 valence electrons. The van der Waals surface area contributed by atoms with Crippen molar-refractivity contribution in [1.82, 2.24) is 30.2 Å². The van der Waals surface area contributed by atoms with Gasteiger partial charge in [-0.05, 0) is 55.3 Å². The van der Waals surface area contributed by atoms with Gasteiger partial charge in [0.1, 0.15) is 23.6 Å². The number of rotatable bonds is 3. The molecule has 0 spiro atoms. The maximum Gasteiger partial charge on any atom is 0.262 e. The van der Waals surface area contributed by atoms with Gasteiger partial charge in [0.25, 0.3) is 5.91 Å². The predicted octanol–water partition coefficient (Wildman–Crippen LogP) is 4.32. The minimum absolute atomic E-state index is 0.00496. The molecule has 2 aromatic carbocycles. The lowest BCUT2D eigenvalue weighted by Crippen LogP contribution is -2.33. The van der Waals surface area contributed by atoms with E-state index in [0.717, 1.165) is 45.0 Å². The number of ether oxygens (including phenoxy) is 1. The van der Waals surface area contributed by atoms with Crippen molar-refractivity contribution in [2.75, 3.05) is 13.2 Å². The summed E-state index contributed by atoms with van der Waals surface area (Å²) in [7, 11) is 0. The lowest BCUT2D eigenvalue weighted by molar-refractivity contribution is -0.127. The third-order valence-corrected chi connectivity index (χ3v) is 7.48. The Hall–Kier alpha value is -3.85. The molecule has 0 saturated heterocycles. The number of benzene rings is 2. The van der Waals surface area contributed by atoms with Gasteiger partial charge in [0.2, 0.25) is 0 Å². The van der Waals surface area contributed by atoms with E-state index in [1.54, 1.807) is 18.5 Å². The van der Waals surface area contributed by atoms with Crippen LogP contribution in [0.25, 0.3) is 22.2 Å². The molecule has 4 aromatic rings. The summed E-state index contributed by atoms with van der Waals surface area (Å²) < 4.78 is 6.00. The smallest absolute Gasteiger partial charge is 0.262 e. The second kappa shape index (κ2) is 8.74. The average molecular weight is 485 g/mol.